The van der Waals surface area contributed by atoms with E-state index >= 15 is 0 Å². The van der Waals surface area contributed by atoms with E-state index in [1.165, 1.54) is 7.11 Å². The van der Waals surface area contributed by atoms with Crippen LogP contribution in [0.4, 0.5) is 5.69 Å². The van der Waals surface area contributed by atoms with Crippen molar-refractivity contribution in [1.82, 2.24) is 0 Å². The van der Waals surface area contributed by atoms with Gasteiger partial charge in [0.2, 0.25) is 0 Å². The molecule has 6 nitrogen and oxygen atoms in total. The first-order valence-corrected chi connectivity index (χ1v) is 7.27. The maximum absolute atomic E-state index is 12.3. The van der Waals surface area contributed by atoms with E-state index in [-0.39, 0.29) is 5.91 Å². The number of carbonyl (C=O) groups excluding carboxylic acids is 1. The van der Waals surface area contributed by atoms with Gasteiger partial charge < -0.3 is 19.5 Å². The SMILES string of the molecule is COc1ccc(OC)c(NC(=O)C(C)Oc2ccc(C#N)cc2)c1. The fraction of sp³-hybridized carbons (Fsp3) is 0.222. The third-order valence-corrected chi connectivity index (χ3v) is 3.33. The van der Waals surface area contributed by atoms with E-state index in [0.717, 1.165) is 0 Å². The average Bonchev–Trinajstić information content (AvgIpc) is 2.62. The molecule has 2 aromatic carbocycles. The molecule has 0 aliphatic heterocycles. The molecular formula is C18H18N2O4. The molecule has 0 spiro atoms. The quantitative estimate of drug-likeness (QED) is 0.882. The van der Waals surface area contributed by atoms with E-state index in [2.05, 4.69) is 5.32 Å². The standard InChI is InChI=1S/C18H18N2O4/c1-12(24-14-6-4-13(11-19)5-7-14)18(21)20-16-10-15(22-2)8-9-17(16)23-3/h4-10,12H,1-3H3,(H,20,21). The molecule has 0 fully saturated rings. The van der Waals surface area contributed by atoms with Gasteiger partial charge in [0.15, 0.2) is 6.10 Å². The number of anilines is 1. The fourth-order valence-corrected chi connectivity index (χ4v) is 2.01. The van der Waals surface area contributed by atoms with Gasteiger partial charge in [-0.25, -0.2) is 0 Å². The van der Waals surface area contributed by atoms with E-state index < -0.39 is 6.10 Å². The lowest BCUT2D eigenvalue weighted by molar-refractivity contribution is -0.122. The zero-order valence-electron chi connectivity index (χ0n) is 13.7. The number of rotatable bonds is 6. The molecule has 0 aliphatic rings. The normalized spacial score (nSPS) is 11.1. The summed E-state index contributed by atoms with van der Waals surface area (Å²) in [5, 5.41) is 11.5. The molecule has 0 heterocycles. The first kappa shape index (κ1) is 17.2. The lowest BCUT2D eigenvalue weighted by Crippen LogP contribution is -2.30. The molecule has 0 aromatic heterocycles. The van der Waals surface area contributed by atoms with Gasteiger partial charge in [-0.2, -0.15) is 5.26 Å². The van der Waals surface area contributed by atoms with Crippen LogP contribution in [0.3, 0.4) is 0 Å². The molecule has 1 atom stereocenters. The van der Waals surface area contributed by atoms with Gasteiger partial charge in [0.25, 0.3) is 5.91 Å². The smallest absolute Gasteiger partial charge is 0.265 e. The molecular weight excluding hydrogens is 308 g/mol. The number of nitrogens with zero attached hydrogens (tertiary/aromatic N) is 1. The maximum atomic E-state index is 12.3. The van der Waals surface area contributed by atoms with Crippen LogP contribution in [0.15, 0.2) is 42.5 Å². The first-order valence-electron chi connectivity index (χ1n) is 7.27. The van der Waals surface area contributed by atoms with Gasteiger partial charge in [-0.05, 0) is 43.3 Å². The number of hydrogen-bond donors (Lipinski definition) is 1. The Hall–Kier alpha value is -3.20. The van der Waals surface area contributed by atoms with E-state index in [1.54, 1.807) is 56.5 Å². The van der Waals surface area contributed by atoms with Crippen LogP contribution in [0.2, 0.25) is 0 Å². The Bertz CT molecular complexity index is 751. The Morgan fingerprint density at radius 3 is 2.33 bits per heavy atom. The van der Waals surface area contributed by atoms with E-state index in [9.17, 15) is 4.79 Å². The highest BCUT2D eigenvalue weighted by atomic mass is 16.5. The monoisotopic (exact) mass is 326 g/mol. The molecule has 0 aliphatic carbocycles. The lowest BCUT2D eigenvalue weighted by atomic mass is 10.2. The van der Waals surface area contributed by atoms with E-state index in [1.807, 2.05) is 6.07 Å². The summed E-state index contributed by atoms with van der Waals surface area (Å²) < 4.78 is 16.0. The minimum absolute atomic E-state index is 0.328. The van der Waals surface area contributed by atoms with Crippen molar-refractivity contribution in [2.75, 3.05) is 19.5 Å². The zero-order chi connectivity index (χ0) is 17.5. The highest BCUT2D eigenvalue weighted by Gasteiger charge is 2.17. The van der Waals surface area contributed by atoms with Crippen LogP contribution in [0.25, 0.3) is 0 Å². The van der Waals surface area contributed by atoms with Crippen molar-refractivity contribution in [2.24, 2.45) is 0 Å². The van der Waals surface area contributed by atoms with Crippen molar-refractivity contribution in [2.45, 2.75) is 13.0 Å². The highest BCUT2D eigenvalue weighted by Crippen LogP contribution is 2.29. The molecule has 0 bridgehead atoms. The van der Waals surface area contributed by atoms with E-state index in [4.69, 9.17) is 19.5 Å². The highest BCUT2D eigenvalue weighted by molar-refractivity contribution is 5.95. The summed E-state index contributed by atoms with van der Waals surface area (Å²) in [4.78, 5) is 12.3. The molecule has 2 aromatic rings. The summed E-state index contributed by atoms with van der Waals surface area (Å²) in [6.45, 7) is 1.64. The van der Waals surface area contributed by atoms with Gasteiger partial charge >= 0.3 is 0 Å². The van der Waals surface area contributed by atoms with Crippen LogP contribution in [-0.2, 0) is 4.79 Å². The zero-order valence-corrected chi connectivity index (χ0v) is 13.7. The molecule has 124 valence electrons. The number of nitrogens with one attached hydrogen (secondary N) is 1. The Labute approximate surface area is 140 Å². The van der Waals surface area contributed by atoms with Gasteiger partial charge in [0.05, 0.1) is 31.5 Å². The van der Waals surface area contributed by atoms with Crippen LogP contribution in [0.1, 0.15) is 12.5 Å². The summed E-state index contributed by atoms with van der Waals surface area (Å²) in [6.07, 6.45) is -0.728. The molecule has 0 saturated carbocycles. The summed E-state index contributed by atoms with van der Waals surface area (Å²) in [7, 11) is 3.07. The fourth-order valence-electron chi connectivity index (χ4n) is 2.01. The Kier molecular flexibility index (Phi) is 5.63. The molecule has 0 radical (unpaired) electrons. The van der Waals surface area contributed by atoms with Gasteiger partial charge in [0, 0.05) is 6.07 Å². The second kappa shape index (κ2) is 7.88. The summed E-state index contributed by atoms with van der Waals surface area (Å²) in [5.41, 5.74) is 1.03. The van der Waals surface area contributed by atoms with Gasteiger partial charge in [-0.3, -0.25) is 4.79 Å². The van der Waals surface area contributed by atoms with Gasteiger partial charge in [-0.1, -0.05) is 0 Å². The number of nitriles is 1. The number of methoxy groups -OCH3 is 2. The van der Waals surface area contributed by atoms with Crippen LogP contribution in [0.5, 0.6) is 17.2 Å². The predicted octanol–water partition coefficient (Wildman–Crippen LogP) is 2.98. The lowest BCUT2D eigenvalue weighted by Gasteiger charge is -2.16. The van der Waals surface area contributed by atoms with Crippen molar-refractivity contribution in [1.29, 1.82) is 5.26 Å². The second-order valence-corrected chi connectivity index (χ2v) is 4.95. The van der Waals surface area contributed by atoms with Crippen LogP contribution < -0.4 is 19.5 Å². The van der Waals surface area contributed by atoms with Crippen LogP contribution >= 0.6 is 0 Å². The molecule has 0 saturated heterocycles. The Morgan fingerprint density at radius 1 is 1.08 bits per heavy atom. The number of hydrogen-bond acceptors (Lipinski definition) is 5. The largest absolute Gasteiger partial charge is 0.497 e. The summed E-state index contributed by atoms with van der Waals surface area (Å²) in [6, 6.07) is 13.7. The number of amides is 1. The maximum Gasteiger partial charge on any atom is 0.265 e. The minimum atomic E-state index is -0.728. The topological polar surface area (TPSA) is 80.6 Å². The third kappa shape index (κ3) is 4.17. The molecule has 1 N–H and O–H groups in total. The molecule has 6 heteroatoms. The molecule has 1 amide bonds. The number of carbonyl (C=O) groups is 1. The summed E-state index contributed by atoms with van der Waals surface area (Å²) in [5.74, 6) is 1.31. The van der Waals surface area contributed by atoms with Crippen molar-refractivity contribution in [3.05, 3.63) is 48.0 Å². The van der Waals surface area contributed by atoms with Crippen molar-refractivity contribution in [3.63, 3.8) is 0 Å². The second-order valence-electron chi connectivity index (χ2n) is 4.95. The minimum Gasteiger partial charge on any atom is -0.497 e. The number of ether oxygens (including phenoxy) is 3. The molecule has 24 heavy (non-hydrogen) atoms. The average molecular weight is 326 g/mol. The third-order valence-electron chi connectivity index (χ3n) is 3.33. The first-order chi connectivity index (χ1) is 11.6. The Balaban J connectivity index is 2.07. The molecule has 2 rings (SSSR count). The predicted molar refractivity (Wildman–Crippen MR) is 89.4 cm³/mol. The summed E-state index contributed by atoms with van der Waals surface area (Å²) >= 11 is 0. The van der Waals surface area contributed by atoms with Gasteiger partial charge in [0.1, 0.15) is 17.2 Å². The van der Waals surface area contributed by atoms with Gasteiger partial charge in [-0.15, -0.1) is 0 Å². The van der Waals surface area contributed by atoms with Crippen molar-refractivity contribution < 1.29 is 19.0 Å². The molecule has 1 unspecified atom stereocenters. The van der Waals surface area contributed by atoms with Crippen LogP contribution in [-0.4, -0.2) is 26.2 Å². The Morgan fingerprint density at radius 2 is 1.75 bits per heavy atom. The number of benzene rings is 2. The van der Waals surface area contributed by atoms with Crippen LogP contribution in [0, 0.1) is 11.3 Å². The van der Waals surface area contributed by atoms with Crippen molar-refractivity contribution in [3.8, 4) is 23.3 Å². The van der Waals surface area contributed by atoms with Crippen molar-refractivity contribution >= 4 is 11.6 Å². The van der Waals surface area contributed by atoms with E-state index in [0.29, 0.717) is 28.5 Å².